The highest BCUT2D eigenvalue weighted by Gasteiger charge is 2.46. The topological polar surface area (TPSA) is 86.8 Å². The van der Waals surface area contributed by atoms with E-state index in [9.17, 15) is 26.4 Å². The quantitative estimate of drug-likeness (QED) is 0.480. The fraction of sp³-hybridized carbons (Fsp3) is 0.0500. The first-order valence-corrected chi connectivity index (χ1v) is 10.3. The third kappa shape index (κ3) is 3.75. The molecule has 0 aliphatic carbocycles. The number of sulfone groups is 1. The van der Waals surface area contributed by atoms with Crippen LogP contribution in [0.1, 0.15) is 0 Å². The van der Waals surface area contributed by atoms with E-state index in [4.69, 9.17) is 0 Å². The summed E-state index contributed by atoms with van der Waals surface area (Å²) in [5, 5.41) is 8.43. The third-order valence-electron chi connectivity index (χ3n) is 4.39. The molecule has 2 heterocycles. The van der Waals surface area contributed by atoms with Crippen LogP contribution in [0.2, 0.25) is 0 Å². The fourth-order valence-electron chi connectivity index (χ4n) is 2.91. The number of alkyl halides is 3. The van der Waals surface area contributed by atoms with Crippen molar-refractivity contribution in [3.63, 3.8) is 0 Å². The molecule has 4 aromatic rings. The second-order valence-corrected chi connectivity index (χ2v) is 8.32. The van der Waals surface area contributed by atoms with Crippen molar-refractivity contribution in [3.05, 3.63) is 89.3 Å². The summed E-state index contributed by atoms with van der Waals surface area (Å²) in [7, 11) is -5.53. The summed E-state index contributed by atoms with van der Waals surface area (Å²) in [6.45, 7) is 0. The lowest BCUT2D eigenvalue weighted by Gasteiger charge is -2.12. The van der Waals surface area contributed by atoms with Crippen LogP contribution < -0.4 is 5.43 Å². The van der Waals surface area contributed by atoms with E-state index < -0.39 is 25.7 Å². The zero-order valence-corrected chi connectivity index (χ0v) is 16.4. The minimum absolute atomic E-state index is 0.00654. The van der Waals surface area contributed by atoms with Gasteiger partial charge in [-0.2, -0.15) is 23.4 Å². The average molecular weight is 446 g/mol. The van der Waals surface area contributed by atoms with Crippen molar-refractivity contribution in [1.29, 1.82) is 0 Å². The lowest BCUT2D eigenvalue weighted by atomic mass is 10.2. The Morgan fingerprint density at radius 2 is 1.58 bits per heavy atom. The maximum Gasteiger partial charge on any atom is 0.501 e. The van der Waals surface area contributed by atoms with Gasteiger partial charge in [0, 0.05) is 12.3 Å². The van der Waals surface area contributed by atoms with E-state index in [2.05, 4.69) is 10.2 Å². The molecule has 0 spiro atoms. The van der Waals surface area contributed by atoms with Crippen LogP contribution in [0.3, 0.4) is 0 Å². The Morgan fingerprint density at radius 3 is 2.29 bits per heavy atom. The summed E-state index contributed by atoms with van der Waals surface area (Å²) in [5.41, 5.74) is -4.80. The fourth-order valence-corrected chi connectivity index (χ4v) is 3.71. The molecule has 2 aromatic heterocycles. The second-order valence-electron chi connectivity index (χ2n) is 6.38. The zero-order valence-electron chi connectivity index (χ0n) is 15.6. The zero-order chi connectivity index (χ0) is 22.2. The molecule has 2 aromatic carbocycles. The van der Waals surface area contributed by atoms with Gasteiger partial charge in [0.25, 0.3) is 9.84 Å². The standard InChI is InChI=1S/C20H13F3N4O3S/c21-20(22,23)31(29,30)16-8-4-7-15(13-16)26-12-10-18(28)19(25-26)17-9-11-24-27(17)14-5-2-1-3-6-14/h1-13H. The van der Waals surface area contributed by atoms with E-state index in [1.54, 1.807) is 30.3 Å². The number of para-hydroxylation sites is 1. The van der Waals surface area contributed by atoms with E-state index in [0.29, 0.717) is 11.4 Å². The molecule has 0 saturated carbocycles. The van der Waals surface area contributed by atoms with Crippen LogP contribution in [0.15, 0.2) is 88.8 Å². The average Bonchev–Trinajstić information content (AvgIpc) is 3.24. The van der Waals surface area contributed by atoms with Gasteiger partial charge in [-0.15, -0.1) is 0 Å². The van der Waals surface area contributed by atoms with Gasteiger partial charge in [0.15, 0.2) is 5.69 Å². The minimum Gasteiger partial charge on any atom is -0.287 e. The summed E-state index contributed by atoms with van der Waals surface area (Å²) in [6.07, 6.45) is 2.73. The first kappa shape index (κ1) is 20.5. The van der Waals surface area contributed by atoms with Gasteiger partial charge in [-0.3, -0.25) is 4.79 Å². The Kier molecular flexibility index (Phi) is 4.97. The van der Waals surface area contributed by atoms with Crippen molar-refractivity contribution in [2.24, 2.45) is 0 Å². The Hall–Kier alpha value is -3.73. The van der Waals surface area contributed by atoms with Gasteiger partial charge in [0.05, 0.1) is 28.2 Å². The Bertz CT molecular complexity index is 1410. The van der Waals surface area contributed by atoms with Gasteiger partial charge in [0.1, 0.15) is 0 Å². The first-order valence-electron chi connectivity index (χ1n) is 8.80. The monoisotopic (exact) mass is 446 g/mol. The smallest absolute Gasteiger partial charge is 0.287 e. The van der Waals surface area contributed by atoms with Crippen molar-refractivity contribution in [3.8, 4) is 22.8 Å². The van der Waals surface area contributed by atoms with Crippen molar-refractivity contribution in [2.75, 3.05) is 0 Å². The maximum atomic E-state index is 12.9. The summed E-state index contributed by atoms with van der Waals surface area (Å²) in [6, 6.07) is 16.0. The lowest BCUT2D eigenvalue weighted by Crippen LogP contribution is -2.23. The van der Waals surface area contributed by atoms with Crippen LogP contribution in [0.4, 0.5) is 13.2 Å². The van der Waals surface area contributed by atoms with E-state index in [1.165, 1.54) is 35.3 Å². The van der Waals surface area contributed by atoms with Gasteiger partial charge in [-0.1, -0.05) is 24.3 Å². The largest absolute Gasteiger partial charge is 0.501 e. The molecule has 0 aliphatic rings. The lowest BCUT2D eigenvalue weighted by molar-refractivity contribution is -0.0436. The van der Waals surface area contributed by atoms with Gasteiger partial charge in [0.2, 0.25) is 5.43 Å². The number of halogens is 3. The van der Waals surface area contributed by atoms with Crippen molar-refractivity contribution < 1.29 is 21.6 Å². The Balaban J connectivity index is 1.83. The first-order chi connectivity index (χ1) is 14.7. The molecule has 7 nitrogen and oxygen atoms in total. The molecule has 11 heteroatoms. The van der Waals surface area contributed by atoms with Gasteiger partial charge in [-0.25, -0.2) is 17.8 Å². The molecule has 0 radical (unpaired) electrons. The van der Waals surface area contributed by atoms with Crippen molar-refractivity contribution in [2.45, 2.75) is 10.4 Å². The molecule has 0 atom stereocenters. The van der Waals surface area contributed by atoms with E-state index in [1.807, 2.05) is 6.07 Å². The summed E-state index contributed by atoms with van der Waals surface area (Å²) < 4.78 is 64.8. The SMILES string of the molecule is O=c1ccn(-c2cccc(S(=O)(=O)C(F)(F)F)c2)nc1-c1ccnn1-c1ccccc1. The third-order valence-corrected chi connectivity index (χ3v) is 5.88. The second kappa shape index (κ2) is 7.51. The van der Waals surface area contributed by atoms with Crippen molar-refractivity contribution >= 4 is 9.84 Å². The van der Waals surface area contributed by atoms with Gasteiger partial charge < -0.3 is 0 Å². The Labute approximate surface area is 173 Å². The molecular weight excluding hydrogens is 433 g/mol. The predicted molar refractivity (Wildman–Crippen MR) is 106 cm³/mol. The molecule has 0 N–H and O–H groups in total. The van der Waals surface area contributed by atoms with E-state index >= 15 is 0 Å². The van der Waals surface area contributed by atoms with Crippen LogP contribution in [0.5, 0.6) is 0 Å². The number of hydrogen-bond acceptors (Lipinski definition) is 5. The summed E-state index contributed by atoms with van der Waals surface area (Å²) in [5.74, 6) is 0. The molecule has 0 amide bonds. The maximum absolute atomic E-state index is 12.9. The van der Waals surface area contributed by atoms with E-state index in [0.717, 1.165) is 16.8 Å². The van der Waals surface area contributed by atoms with E-state index in [-0.39, 0.29) is 11.4 Å². The molecule has 0 unspecified atom stereocenters. The molecule has 4 rings (SSSR count). The van der Waals surface area contributed by atoms with Crippen LogP contribution >= 0.6 is 0 Å². The number of nitrogens with zero attached hydrogens (tertiary/aromatic N) is 4. The predicted octanol–water partition coefficient (Wildman–Crippen LogP) is 3.38. The highest BCUT2D eigenvalue weighted by atomic mass is 32.2. The normalized spacial score (nSPS) is 12.1. The molecule has 0 bridgehead atoms. The molecular formula is C20H13F3N4O3S. The van der Waals surface area contributed by atoms with Crippen LogP contribution in [0.25, 0.3) is 22.8 Å². The number of aromatic nitrogens is 4. The Morgan fingerprint density at radius 1 is 0.871 bits per heavy atom. The van der Waals surface area contributed by atoms with Crippen molar-refractivity contribution in [1.82, 2.24) is 19.6 Å². The minimum atomic E-state index is -5.53. The molecule has 158 valence electrons. The molecule has 0 aliphatic heterocycles. The van der Waals surface area contributed by atoms with Gasteiger partial charge in [-0.05, 0) is 36.4 Å². The van der Waals surface area contributed by atoms with Gasteiger partial charge >= 0.3 is 5.51 Å². The van der Waals surface area contributed by atoms with Crippen LogP contribution in [-0.4, -0.2) is 33.5 Å². The molecule has 0 fully saturated rings. The number of rotatable bonds is 4. The molecule has 0 saturated heterocycles. The highest BCUT2D eigenvalue weighted by Crippen LogP contribution is 2.31. The highest BCUT2D eigenvalue weighted by molar-refractivity contribution is 7.92. The molecule has 31 heavy (non-hydrogen) atoms. The number of benzene rings is 2. The number of hydrogen-bond donors (Lipinski definition) is 0. The summed E-state index contributed by atoms with van der Waals surface area (Å²) in [4.78, 5) is 11.6. The van der Waals surface area contributed by atoms with Crippen LogP contribution in [0, 0.1) is 0 Å². The van der Waals surface area contributed by atoms with Crippen LogP contribution in [-0.2, 0) is 9.84 Å². The summed E-state index contributed by atoms with van der Waals surface area (Å²) >= 11 is 0.